The van der Waals surface area contributed by atoms with Gasteiger partial charge in [0.2, 0.25) is 0 Å². The van der Waals surface area contributed by atoms with Crippen molar-refractivity contribution in [3.63, 3.8) is 0 Å². The normalized spacial score (nSPS) is 21.6. The number of aromatic amines is 1. The van der Waals surface area contributed by atoms with Crippen LogP contribution >= 0.6 is 0 Å². The van der Waals surface area contributed by atoms with Crippen LogP contribution in [0.2, 0.25) is 0 Å². The van der Waals surface area contributed by atoms with Gasteiger partial charge in [-0.1, -0.05) is 0 Å². The molecule has 1 fully saturated rings. The highest BCUT2D eigenvalue weighted by Crippen LogP contribution is 2.31. The number of halogens is 3. The first kappa shape index (κ1) is 21.3. The summed E-state index contributed by atoms with van der Waals surface area (Å²) in [6.07, 6.45) is 2.58. The number of hydrogen-bond donors (Lipinski definition) is 2. The Balaban J connectivity index is 1.56. The fourth-order valence-electron chi connectivity index (χ4n) is 4.26. The molecule has 5 heterocycles. The molecule has 3 atom stereocenters. The first-order valence-electron chi connectivity index (χ1n) is 10.5. The third-order valence-corrected chi connectivity index (χ3v) is 5.84. The van der Waals surface area contributed by atoms with Crippen molar-refractivity contribution in [2.24, 2.45) is 0 Å². The van der Waals surface area contributed by atoms with E-state index in [0.717, 1.165) is 18.0 Å². The summed E-state index contributed by atoms with van der Waals surface area (Å²) in [7, 11) is 0. The van der Waals surface area contributed by atoms with Crippen molar-refractivity contribution < 1.29 is 13.2 Å². The molecule has 1 saturated heterocycles. The van der Waals surface area contributed by atoms with Crippen LogP contribution in [0.5, 0.6) is 0 Å². The molecule has 1 aliphatic heterocycles. The number of aromatic nitrogens is 7. The Hall–Kier alpha value is -3.54. The summed E-state index contributed by atoms with van der Waals surface area (Å²) >= 11 is 0. The maximum atomic E-state index is 13.2. The molecule has 0 bridgehead atoms. The second kappa shape index (κ2) is 7.80. The van der Waals surface area contributed by atoms with Gasteiger partial charge in [0.1, 0.15) is 11.5 Å². The molecule has 4 aromatic heterocycles. The second-order valence-electron chi connectivity index (χ2n) is 8.30. The van der Waals surface area contributed by atoms with Crippen molar-refractivity contribution in [1.29, 1.82) is 0 Å². The number of H-pyrrole nitrogens is 1. The zero-order valence-corrected chi connectivity index (χ0v) is 18.2. The van der Waals surface area contributed by atoms with Gasteiger partial charge in [-0.2, -0.15) is 18.3 Å². The molecular weight excluding hydrogens is 435 g/mol. The van der Waals surface area contributed by atoms with Crippen LogP contribution in [0.1, 0.15) is 36.8 Å². The highest BCUT2D eigenvalue weighted by atomic mass is 19.4. The molecule has 3 unspecified atom stereocenters. The average Bonchev–Trinajstić information content (AvgIpc) is 3.43. The first-order valence-corrected chi connectivity index (χ1v) is 10.5. The maximum absolute atomic E-state index is 13.2. The van der Waals surface area contributed by atoms with Crippen molar-refractivity contribution in [3.05, 3.63) is 54.0 Å². The molecule has 0 aliphatic carbocycles. The van der Waals surface area contributed by atoms with Crippen LogP contribution in [-0.4, -0.2) is 53.2 Å². The zero-order chi connectivity index (χ0) is 23.3. The van der Waals surface area contributed by atoms with E-state index in [2.05, 4.69) is 49.2 Å². The van der Waals surface area contributed by atoms with Crippen molar-refractivity contribution in [2.75, 3.05) is 11.4 Å². The number of nitrogens with zero attached hydrogens (tertiary/aromatic N) is 7. The number of alkyl halides is 3. The standard InChI is InChI=1S/C21H22F3N9/c1-11-4-17(32-9-12(2)29-19(13(32)3)14-5-27-28-6-14)31-20(30-11)15-7-26-18-8-25-16(10-33(15)18)21(22,23)24/h4-8,10,12-13,19,29H,9H2,1-3H3,(H,27,28). The number of piperazine rings is 1. The minimum Gasteiger partial charge on any atom is -0.350 e. The smallest absolute Gasteiger partial charge is 0.350 e. The third-order valence-electron chi connectivity index (χ3n) is 5.84. The van der Waals surface area contributed by atoms with Crippen LogP contribution in [0.3, 0.4) is 0 Å². The molecule has 0 saturated carbocycles. The average molecular weight is 457 g/mol. The zero-order valence-electron chi connectivity index (χ0n) is 18.2. The van der Waals surface area contributed by atoms with Crippen molar-refractivity contribution in [2.45, 2.75) is 45.1 Å². The van der Waals surface area contributed by atoms with Gasteiger partial charge in [0.15, 0.2) is 17.2 Å². The number of rotatable bonds is 3. The van der Waals surface area contributed by atoms with E-state index in [1.165, 1.54) is 10.6 Å². The highest BCUT2D eigenvalue weighted by molar-refractivity contribution is 5.59. The molecule has 0 amide bonds. The molecule has 1 aliphatic rings. The van der Waals surface area contributed by atoms with Crippen molar-refractivity contribution >= 4 is 11.5 Å². The molecule has 0 radical (unpaired) electrons. The Kier molecular flexibility index (Phi) is 5.04. The number of fused-ring (bicyclic) bond motifs is 1. The van der Waals surface area contributed by atoms with Gasteiger partial charge in [-0.15, -0.1) is 0 Å². The Morgan fingerprint density at radius 1 is 1.09 bits per heavy atom. The summed E-state index contributed by atoms with van der Waals surface area (Å²) in [4.78, 5) is 19.1. The number of nitrogens with one attached hydrogen (secondary N) is 2. The summed E-state index contributed by atoms with van der Waals surface area (Å²) in [5.74, 6) is 1.00. The fraction of sp³-hybridized carbons (Fsp3) is 0.381. The maximum Gasteiger partial charge on any atom is 0.434 e. The van der Waals surface area contributed by atoms with Gasteiger partial charge in [0.25, 0.3) is 0 Å². The van der Waals surface area contributed by atoms with E-state index in [1.807, 2.05) is 19.2 Å². The first-order chi connectivity index (χ1) is 15.7. The molecule has 2 N–H and O–H groups in total. The van der Waals surface area contributed by atoms with E-state index in [1.54, 1.807) is 6.20 Å². The predicted octanol–water partition coefficient (Wildman–Crippen LogP) is 3.16. The highest BCUT2D eigenvalue weighted by Gasteiger charge is 2.35. The summed E-state index contributed by atoms with van der Waals surface area (Å²) < 4.78 is 41.0. The number of hydrogen-bond acceptors (Lipinski definition) is 7. The van der Waals surface area contributed by atoms with Crippen LogP contribution in [-0.2, 0) is 6.18 Å². The van der Waals surface area contributed by atoms with Crippen molar-refractivity contribution in [1.82, 2.24) is 39.9 Å². The minimum atomic E-state index is -4.57. The topological polar surface area (TPSA) is 99.9 Å². The van der Waals surface area contributed by atoms with Gasteiger partial charge < -0.3 is 10.2 Å². The minimum absolute atomic E-state index is 0.0300. The molecule has 9 nitrogen and oxygen atoms in total. The Bertz CT molecular complexity index is 1280. The lowest BCUT2D eigenvalue weighted by atomic mass is 9.97. The Labute approximate surface area is 187 Å². The van der Waals surface area contributed by atoms with Gasteiger partial charge in [-0.25, -0.2) is 19.9 Å². The molecule has 0 aromatic carbocycles. The van der Waals surface area contributed by atoms with E-state index < -0.39 is 11.9 Å². The molecule has 0 spiro atoms. The number of imidazole rings is 1. The molecule has 33 heavy (non-hydrogen) atoms. The second-order valence-corrected chi connectivity index (χ2v) is 8.30. The van der Waals surface area contributed by atoms with Crippen LogP contribution < -0.4 is 10.2 Å². The summed E-state index contributed by atoms with van der Waals surface area (Å²) in [6.45, 7) is 6.74. The lowest BCUT2D eigenvalue weighted by molar-refractivity contribution is -0.141. The lowest BCUT2D eigenvalue weighted by Crippen LogP contribution is -2.56. The van der Waals surface area contributed by atoms with E-state index >= 15 is 0 Å². The summed E-state index contributed by atoms with van der Waals surface area (Å²) in [5, 5.41) is 10.5. The van der Waals surface area contributed by atoms with E-state index in [9.17, 15) is 13.2 Å². The van der Waals surface area contributed by atoms with Gasteiger partial charge in [0, 0.05) is 48.3 Å². The van der Waals surface area contributed by atoms with E-state index in [4.69, 9.17) is 4.98 Å². The molecule has 4 aromatic rings. The predicted molar refractivity (Wildman–Crippen MR) is 114 cm³/mol. The summed E-state index contributed by atoms with van der Waals surface area (Å²) in [5.41, 5.74) is 1.39. The molecule has 5 rings (SSSR count). The fourth-order valence-corrected chi connectivity index (χ4v) is 4.26. The van der Waals surface area contributed by atoms with Crippen molar-refractivity contribution in [3.8, 4) is 11.5 Å². The van der Waals surface area contributed by atoms with Crippen LogP contribution in [0, 0.1) is 6.92 Å². The SMILES string of the molecule is Cc1cc(N2CC(C)NC(c3cn[nH]c3)C2C)nc(-c2cnc3cnc(C(F)(F)F)cn23)n1. The van der Waals surface area contributed by atoms with E-state index in [0.29, 0.717) is 29.6 Å². The molecular formula is C21H22F3N9. The summed E-state index contributed by atoms with van der Waals surface area (Å²) in [6, 6.07) is 2.14. The van der Waals surface area contributed by atoms with Gasteiger partial charge in [0.05, 0.1) is 24.6 Å². The quantitative estimate of drug-likeness (QED) is 0.488. The van der Waals surface area contributed by atoms with Gasteiger partial charge in [-0.3, -0.25) is 9.50 Å². The van der Waals surface area contributed by atoms with Crippen LogP contribution in [0.25, 0.3) is 17.2 Å². The molecule has 12 heteroatoms. The number of aryl methyl sites for hydroxylation is 1. The number of anilines is 1. The Morgan fingerprint density at radius 3 is 2.64 bits per heavy atom. The van der Waals surface area contributed by atoms with Gasteiger partial charge in [-0.05, 0) is 20.8 Å². The third kappa shape index (κ3) is 3.90. The monoisotopic (exact) mass is 457 g/mol. The molecule has 172 valence electrons. The lowest BCUT2D eigenvalue weighted by Gasteiger charge is -2.43. The largest absolute Gasteiger partial charge is 0.434 e. The van der Waals surface area contributed by atoms with Gasteiger partial charge >= 0.3 is 6.18 Å². The van der Waals surface area contributed by atoms with E-state index in [-0.39, 0.29) is 23.8 Å². The van der Waals surface area contributed by atoms with Crippen LogP contribution in [0.15, 0.2) is 37.1 Å². The Morgan fingerprint density at radius 2 is 1.91 bits per heavy atom. The van der Waals surface area contributed by atoms with Crippen LogP contribution in [0.4, 0.5) is 19.0 Å².